The second kappa shape index (κ2) is 5.46. The molecule has 2 N–H and O–H groups in total. The first kappa shape index (κ1) is 13.0. The molecule has 0 aliphatic carbocycles. The van der Waals surface area contributed by atoms with Crippen molar-refractivity contribution in [2.75, 3.05) is 0 Å². The van der Waals surface area contributed by atoms with E-state index in [1.54, 1.807) is 13.0 Å². The number of thioether (sulfide) groups is 1. The third-order valence-corrected chi connectivity index (χ3v) is 3.63. The Morgan fingerprint density at radius 2 is 2.28 bits per heavy atom. The predicted octanol–water partition coefficient (Wildman–Crippen LogP) is 2.73. The molecule has 0 saturated carbocycles. The number of nitrogens with zero attached hydrogens (tertiary/aromatic N) is 1. The molecule has 94 valence electrons. The lowest BCUT2D eigenvalue weighted by Gasteiger charge is -2.05. The Kier molecular flexibility index (Phi) is 3.93. The number of hydrogen-bond acceptors (Lipinski definition) is 4. The zero-order valence-corrected chi connectivity index (χ0v) is 11.2. The van der Waals surface area contributed by atoms with Crippen LogP contribution in [0.15, 0.2) is 34.2 Å². The quantitative estimate of drug-likeness (QED) is 0.671. The number of hydrogen-bond donors (Lipinski definition) is 2. The Labute approximate surface area is 113 Å². The van der Waals surface area contributed by atoms with Gasteiger partial charge in [-0.2, -0.15) is 0 Å². The number of benzene rings is 1. The Balaban J connectivity index is 2.16. The monoisotopic (exact) mass is 282 g/mol. The number of aromatic nitrogens is 2. The summed E-state index contributed by atoms with van der Waals surface area (Å²) >= 11 is 7.33. The van der Waals surface area contributed by atoms with Crippen LogP contribution >= 0.6 is 23.4 Å². The molecule has 1 aromatic heterocycles. The van der Waals surface area contributed by atoms with Crippen molar-refractivity contribution in [3.63, 3.8) is 0 Å². The van der Waals surface area contributed by atoms with Crippen molar-refractivity contribution in [2.24, 2.45) is 0 Å². The molecule has 0 atom stereocenters. The summed E-state index contributed by atoms with van der Waals surface area (Å²) in [6.45, 7) is 1.76. The summed E-state index contributed by atoms with van der Waals surface area (Å²) in [5.41, 5.74) is 1.29. The standard InChI is InChI=1S/C12H11ClN2O2S/c1-7-5-10(17)15-12(14-7)18-6-8-3-2-4-9(16)11(8)13/h2-5,16H,6H2,1H3,(H,14,15,17). The van der Waals surface area contributed by atoms with Crippen LogP contribution in [0.5, 0.6) is 5.75 Å². The van der Waals surface area contributed by atoms with Gasteiger partial charge in [-0.3, -0.25) is 4.79 Å². The van der Waals surface area contributed by atoms with E-state index in [0.29, 0.717) is 21.6 Å². The summed E-state index contributed by atoms with van der Waals surface area (Å²) in [5.74, 6) is 0.583. The summed E-state index contributed by atoms with van der Waals surface area (Å²) in [5, 5.41) is 10.3. The maximum absolute atomic E-state index is 11.3. The minimum absolute atomic E-state index is 0.0560. The number of phenols is 1. The number of aromatic hydroxyl groups is 1. The number of aryl methyl sites for hydroxylation is 1. The maximum Gasteiger partial charge on any atom is 0.251 e. The van der Waals surface area contributed by atoms with Crippen LogP contribution in [0.4, 0.5) is 0 Å². The van der Waals surface area contributed by atoms with E-state index in [0.717, 1.165) is 5.56 Å². The van der Waals surface area contributed by atoms with Gasteiger partial charge in [0.15, 0.2) is 5.16 Å². The molecule has 0 bridgehead atoms. The van der Waals surface area contributed by atoms with E-state index in [9.17, 15) is 9.90 Å². The van der Waals surface area contributed by atoms with Crippen LogP contribution in [0, 0.1) is 6.92 Å². The van der Waals surface area contributed by atoms with Crippen LogP contribution in [0.25, 0.3) is 0 Å². The van der Waals surface area contributed by atoms with Gasteiger partial charge < -0.3 is 10.1 Å². The molecule has 0 radical (unpaired) electrons. The zero-order valence-electron chi connectivity index (χ0n) is 9.61. The average molecular weight is 283 g/mol. The summed E-state index contributed by atoms with van der Waals surface area (Å²) in [6.07, 6.45) is 0. The number of nitrogens with one attached hydrogen (secondary N) is 1. The minimum atomic E-state index is -0.174. The van der Waals surface area contributed by atoms with Crippen LogP contribution in [0.1, 0.15) is 11.3 Å². The molecule has 2 aromatic rings. The molecule has 18 heavy (non-hydrogen) atoms. The van der Waals surface area contributed by atoms with Gasteiger partial charge in [-0.05, 0) is 18.6 Å². The molecule has 4 nitrogen and oxygen atoms in total. The van der Waals surface area contributed by atoms with E-state index < -0.39 is 0 Å². The third kappa shape index (κ3) is 3.05. The highest BCUT2D eigenvalue weighted by Gasteiger charge is 2.06. The summed E-state index contributed by atoms with van der Waals surface area (Å²) in [4.78, 5) is 18.1. The molecule has 6 heteroatoms. The lowest BCUT2D eigenvalue weighted by atomic mass is 10.2. The highest BCUT2D eigenvalue weighted by molar-refractivity contribution is 7.98. The molecule has 1 heterocycles. The van der Waals surface area contributed by atoms with Gasteiger partial charge in [0.05, 0.1) is 5.02 Å². The van der Waals surface area contributed by atoms with Crippen molar-refractivity contribution in [2.45, 2.75) is 17.8 Å². The highest BCUT2D eigenvalue weighted by Crippen LogP contribution is 2.30. The molecule has 0 spiro atoms. The SMILES string of the molecule is Cc1cc(=O)[nH]c(SCc2cccc(O)c2Cl)n1. The average Bonchev–Trinajstić information content (AvgIpc) is 2.30. The third-order valence-electron chi connectivity index (χ3n) is 2.27. The minimum Gasteiger partial charge on any atom is -0.506 e. The van der Waals surface area contributed by atoms with Gasteiger partial charge in [-0.1, -0.05) is 35.5 Å². The van der Waals surface area contributed by atoms with Crippen molar-refractivity contribution in [1.29, 1.82) is 0 Å². The fourth-order valence-corrected chi connectivity index (χ4v) is 2.63. The van der Waals surface area contributed by atoms with Crippen molar-refractivity contribution >= 4 is 23.4 Å². The van der Waals surface area contributed by atoms with Gasteiger partial charge in [0.25, 0.3) is 5.56 Å². The van der Waals surface area contributed by atoms with Crippen LogP contribution < -0.4 is 5.56 Å². The number of rotatable bonds is 3. The topological polar surface area (TPSA) is 66.0 Å². The first-order chi connectivity index (χ1) is 8.56. The van der Waals surface area contributed by atoms with E-state index in [1.165, 1.54) is 23.9 Å². The van der Waals surface area contributed by atoms with Gasteiger partial charge in [0.2, 0.25) is 0 Å². The van der Waals surface area contributed by atoms with E-state index in [1.807, 2.05) is 6.07 Å². The van der Waals surface area contributed by atoms with Gasteiger partial charge in [0.1, 0.15) is 5.75 Å². The maximum atomic E-state index is 11.3. The van der Waals surface area contributed by atoms with Crippen molar-refractivity contribution in [3.8, 4) is 5.75 Å². The van der Waals surface area contributed by atoms with Crippen LogP contribution in [-0.4, -0.2) is 15.1 Å². The van der Waals surface area contributed by atoms with E-state index in [-0.39, 0.29) is 11.3 Å². The molecule has 0 unspecified atom stereocenters. The van der Waals surface area contributed by atoms with Gasteiger partial charge in [-0.15, -0.1) is 0 Å². The van der Waals surface area contributed by atoms with Gasteiger partial charge in [0, 0.05) is 17.5 Å². The summed E-state index contributed by atoms with van der Waals surface area (Å²) in [6, 6.07) is 6.52. The normalized spacial score (nSPS) is 10.6. The van der Waals surface area contributed by atoms with E-state index in [2.05, 4.69) is 9.97 Å². The molecular formula is C12H11ClN2O2S. The van der Waals surface area contributed by atoms with Crippen LogP contribution in [0.2, 0.25) is 5.02 Å². The number of halogens is 1. The molecule has 2 rings (SSSR count). The van der Waals surface area contributed by atoms with Crippen molar-refractivity contribution in [3.05, 3.63) is 50.9 Å². The summed E-state index contributed by atoms with van der Waals surface area (Å²) in [7, 11) is 0. The Bertz CT molecular complexity index is 628. The van der Waals surface area contributed by atoms with Crippen LogP contribution in [-0.2, 0) is 5.75 Å². The molecular weight excluding hydrogens is 272 g/mol. The first-order valence-electron chi connectivity index (χ1n) is 5.23. The number of phenolic OH excluding ortho intramolecular Hbond substituents is 1. The number of H-pyrrole nitrogens is 1. The molecule has 1 aromatic carbocycles. The Morgan fingerprint density at radius 3 is 3.00 bits per heavy atom. The molecule has 0 saturated heterocycles. The fraction of sp³-hybridized carbons (Fsp3) is 0.167. The molecule has 0 amide bonds. The molecule has 0 aliphatic rings. The predicted molar refractivity (Wildman–Crippen MR) is 72.3 cm³/mol. The van der Waals surface area contributed by atoms with Crippen LogP contribution in [0.3, 0.4) is 0 Å². The van der Waals surface area contributed by atoms with E-state index >= 15 is 0 Å². The van der Waals surface area contributed by atoms with Crippen molar-refractivity contribution in [1.82, 2.24) is 9.97 Å². The number of aromatic amines is 1. The van der Waals surface area contributed by atoms with E-state index in [4.69, 9.17) is 11.6 Å². The van der Waals surface area contributed by atoms with Gasteiger partial charge in [-0.25, -0.2) is 4.98 Å². The highest BCUT2D eigenvalue weighted by atomic mass is 35.5. The Hall–Kier alpha value is -1.46. The second-order valence-corrected chi connectivity index (χ2v) is 5.07. The largest absolute Gasteiger partial charge is 0.506 e. The van der Waals surface area contributed by atoms with Gasteiger partial charge >= 0.3 is 0 Å². The lowest BCUT2D eigenvalue weighted by molar-refractivity contribution is 0.475. The zero-order chi connectivity index (χ0) is 13.1. The summed E-state index contributed by atoms with van der Waals surface area (Å²) < 4.78 is 0. The molecule has 0 aliphatic heterocycles. The molecule has 0 fully saturated rings. The smallest absolute Gasteiger partial charge is 0.251 e. The first-order valence-corrected chi connectivity index (χ1v) is 6.60. The second-order valence-electron chi connectivity index (χ2n) is 3.73. The Morgan fingerprint density at radius 1 is 1.50 bits per heavy atom. The lowest BCUT2D eigenvalue weighted by Crippen LogP contribution is -2.08. The van der Waals surface area contributed by atoms with Crippen molar-refractivity contribution < 1.29 is 5.11 Å². The fourth-order valence-electron chi connectivity index (χ4n) is 1.44.